The van der Waals surface area contributed by atoms with Gasteiger partial charge in [0.25, 0.3) is 0 Å². The van der Waals surface area contributed by atoms with Crippen molar-refractivity contribution in [2.24, 2.45) is 0 Å². The van der Waals surface area contributed by atoms with Gasteiger partial charge in [0.1, 0.15) is 6.54 Å². The molecule has 1 rings (SSSR count). The zero-order valence-corrected chi connectivity index (χ0v) is 12.2. The van der Waals surface area contributed by atoms with Crippen molar-refractivity contribution in [1.82, 2.24) is 4.90 Å². The van der Waals surface area contributed by atoms with Crippen LogP contribution < -0.4 is 0 Å². The Kier molecular flexibility index (Phi) is 6.13. The number of halogens is 5. The van der Waals surface area contributed by atoms with Gasteiger partial charge in [0, 0.05) is 16.9 Å². The van der Waals surface area contributed by atoms with Crippen LogP contribution in [0.2, 0.25) is 5.02 Å². The summed E-state index contributed by atoms with van der Waals surface area (Å²) >= 11 is 8.92. The number of rotatable bonds is 5. The molecule has 0 aromatic heterocycles. The molecule has 0 saturated carbocycles. The van der Waals surface area contributed by atoms with Crippen LogP contribution in [0.4, 0.5) is 13.2 Å². The number of alkyl halides is 4. The molecule has 0 saturated heterocycles. The van der Waals surface area contributed by atoms with E-state index in [2.05, 4.69) is 15.9 Å². The Morgan fingerprint density at radius 1 is 1.32 bits per heavy atom. The van der Waals surface area contributed by atoms with E-state index < -0.39 is 18.6 Å². The molecule has 0 heterocycles. The normalized spacial score (nSPS) is 11.4. The van der Waals surface area contributed by atoms with Crippen LogP contribution in [0.15, 0.2) is 24.3 Å². The number of carbonyl (C=O) groups is 1. The molecule has 0 atom stereocenters. The van der Waals surface area contributed by atoms with E-state index in [1.807, 2.05) is 0 Å². The quantitative estimate of drug-likeness (QED) is 0.736. The average molecular weight is 359 g/mol. The summed E-state index contributed by atoms with van der Waals surface area (Å²) in [5, 5.41) is 0.666. The molecule has 0 N–H and O–H groups in total. The lowest BCUT2D eigenvalue weighted by Crippen LogP contribution is -2.40. The molecule has 0 fully saturated rings. The van der Waals surface area contributed by atoms with E-state index in [0.29, 0.717) is 10.6 Å². The zero-order chi connectivity index (χ0) is 14.5. The van der Waals surface area contributed by atoms with Crippen LogP contribution in [0.3, 0.4) is 0 Å². The first-order valence-electron chi connectivity index (χ1n) is 5.47. The minimum Gasteiger partial charge on any atom is -0.332 e. The van der Waals surface area contributed by atoms with E-state index in [4.69, 9.17) is 11.6 Å². The highest BCUT2D eigenvalue weighted by Gasteiger charge is 2.32. The summed E-state index contributed by atoms with van der Waals surface area (Å²) < 4.78 is 37.1. The van der Waals surface area contributed by atoms with Crippen molar-refractivity contribution >= 4 is 33.4 Å². The van der Waals surface area contributed by atoms with Gasteiger partial charge in [0.2, 0.25) is 5.91 Å². The number of hydrogen-bond donors (Lipinski definition) is 0. The summed E-state index contributed by atoms with van der Waals surface area (Å²) in [6, 6.07) is 6.61. The fourth-order valence-electron chi connectivity index (χ4n) is 1.53. The monoisotopic (exact) mass is 357 g/mol. The molecule has 0 aliphatic rings. The Morgan fingerprint density at radius 3 is 2.47 bits per heavy atom. The molecule has 7 heteroatoms. The number of amides is 1. The summed E-state index contributed by atoms with van der Waals surface area (Å²) in [5.74, 6) is -0.593. The minimum atomic E-state index is -4.40. The summed E-state index contributed by atoms with van der Waals surface area (Å²) in [5.41, 5.74) is 0.524. The molecule has 106 valence electrons. The molecule has 0 radical (unpaired) electrons. The summed E-state index contributed by atoms with van der Waals surface area (Å²) in [6.07, 6.45) is -4.54. The third-order valence-electron chi connectivity index (χ3n) is 2.38. The van der Waals surface area contributed by atoms with Crippen LogP contribution in [-0.4, -0.2) is 35.4 Å². The van der Waals surface area contributed by atoms with Crippen molar-refractivity contribution in [3.63, 3.8) is 0 Å². The van der Waals surface area contributed by atoms with Gasteiger partial charge < -0.3 is 4.90 Å². The van der Waals surface area contributed by atoms with Gasteiger partial charge in [0.15, 0.2) is 0 Å². The number of hydrogen-bond acceptors (Lipinski definition) is 1. The van der Waals surface area contributed by atoms with Gasteiger partial charge in [-0.1, -0.05) is 45.7 Å². The first-order valence-corrected chi connectivity index (χ1v) is 6.97. The van der Waals surface area contributed by atoms with E-state index in [0.717, 1.165) is 4.90 Å². The molecule has 1 aromatic rings. The van der Waals surface area contributed by atoms with Gasteiger partial charge in [-0.15, -0.1) is 0 Å². The minimum absolute atomic E-state index is 0.00277. The highest BCUT2D eigenvalue weighted by Crippen LogP contribution is 2.19. The highest BCUT2D eigenvalue weighted by atomic mass is 79.9. The van der Waals surface area contributed by atoms with Gasteiger partial charge in [-0.25, -0.2) is 0 Å². The van der Waals surface area contributed by atoms with E-state index in [-0.39, 0.29) is 18.3 Å². The second-order valence-corrected chi connectivity index (χ2v) is 5.09. The molecule has 0 aliphatic heterocycles. The maximum atomic E-state index is 12.4. The molecule has 0 spiro atoms. The van der Waals surface area contributed by atoms with Gasteiger partial charge in [-0.2, -0.15) is 13.2 Å². The predicted octanol–water partition coefficient (Wildman–Crippen LogP) is 3.67. The lowest BCUT2D eigenvalue weighted by Gasteiger charge is -2.23. The predicted molar refractivity (Wildman–Crippen MR) is 71.6 cm³/mol. The van der Waals surface area contributed by atoms with Gasteiger partial charge >= 0.3 is 6.18 Å². The molecular weight excluding hydrogens is 346 g/mol. The first-order chi connectivity index (χ1) is 8.83. The second-order valence-electron chi connectivity index (χ2n) is 3.89. The van der Waals surface area contributed by atoms with Crippen molar-refractivity contribution in [1.29, 1.82) is 0 Å². The smallest absolute Gasteiger partial charge is 0.332 e. The van der Waals surface area contributed by atoms with Crippen molar-refractivity contribution in [3.8, 4) is 0 Å². The molecule has 1 aromatic carbocycles. The van der Waals surface area contributed by atoms with Crippen LogP contribution in [-0.2, 0) is 11.2 Å². The first kappa shape index (κ1) is 16.3. The molecule has 0 unspecified atom stereocenters. The van der Waals surface area contributed by atoms with E-state index in [1.165, 1.54) is 0 Å². The number of nitrogens with zero attached hydrogens (tertiary/aromatic N) is 1. The summed E-state index contributed by atoms with van der Waals surface area (Å²) in [7, 11) is 0. The third kappa shape index (κ3) is 5.82. The van der Waals surface area contributed by atoms with Crippen LogP contribution in [0, 0.1) is 0 Å². The van der Waals surface area contributed by atoms with Crippen molar-refractivity contribution < 1.29 is 18.0 Å². The maximum absolute atomic E-state index is 12.4. The Balaban J connectivity index is 2.75. The number of benzene rings is 1. The standard InChI is InChI=1S/C12H12BrClF3NO/c13-5-6-18(8-12(15,16)17)11(19)7-9-3-1-2-4-10(9)14/h1-4H,5-8H2. The molecular formula is C12H12BrClF3NO. The van der Waals surface area contributed by atoms with Gasteiger partial charge in [0.05, 0.1) is 6.42 Å². The van der Waals surface area contributed by atoms with Crippen LogP contribution in [0.5, 0.6) is 0 Å². The molecule has 0 bridgehead atoms. The highest BCUT2D eigenvalue weighted by molar-refractivity contribution is 9.09. The SMILES string of the molecule is O=C(Cc1ccccc1Cl)N(CCBr)CC(F)(F)F. The fourth-order valence-corrected chi connectivity index (χ4v) is 2.16. The Labute approximate surface area is 122 Å². The maximum Gasteiger partial charge on any atom is 0.406 e. The molecule has 1 amide bonds. The lowest BCUT2D eigenvalue weighted by atomic mass is 10.1. The molecule has 2 nitrogen and oxygen atoms in total. The van der Waals surface area contributed by atoms with Crippen molar-refractivity contribution in [2.45, 2.75) is 12.6 Å². The number of carbonyl (C=O) groups excluding carboxylic acids is 1. The van der Waals surface area contributed by atoms with Crippen molar-refractivity contribution in [3.05, 3.63) is 34.9 Å². The van der Waals surface area contributed by atoms with E-state index >= 15 is 0 Å². The second kappa shape index (κ2) is 7.14. The summed E-state index contributed by atoms with van der Waals surface area (Å²) in [6.45, 7) is -1.25. The molecule has 19 heavy (non-hydrogen) atoms. The van der Waals surface area contributed by atoms with Gasteiger partial charge in [-0.3, -0.25) is 4.79 Å². The van der Waals surface area contributed by atoms with E-state index in [1.54, 1.807) is 24.3 Å². The van der Waals surface area contributed by atoms with Crippen LogP contribution >= 0.6 is 27.5 Å². The topological polar surface area (TPSA) is 20.3 Å². The largest absolute Gasteiger partial charge is 0.406 e. The Morgan fingerprint density at radius 2 is 1.95 bits per heavy atom. The zero-order valence-electron chi connectivity index (χ0n) is 9.88. The third-order valence-corrected chi connectivity index (χ3v) is 3.10. The van der Waals surface area contributed by atoms with Crippen LogP contribution in [0.25, 0.3) is 0 Å². The van der Waals surface area contributed by atoms with E-state index in [9.17, 15) is 18.0 Å². The molecule has 0 aliphatic carbocycles. The average Bonchev–Trinajstić information content (AvgIpc) is 2.30. The van der Waals surface area contributed by atoms with Crippen LogP contribution in [0.1, 0.15) is 5.56 Å². The lowest BCUT2D eigenvalue weighted by molar-refractivity contribution is -0.160. The fraction of sp³-hybridized carbons (Fsp3) is 0.417. The van der Waals surface area contributed by atoms with Gasteiger partial charge in [-0.05, 0) is 11.6 Å². The summed E-state index contributed by atoms with van der Waals surface area (Å²) in [4.78, 5) is 12.7. The Bertz CT molecular complexity index is 439. The Hall–Kier alpha value is -0.750. The van der Waals surface area contributed by atoms with Crippen molar-refractivity contribution in [2.75, 3.05) is 18.4 Å².